The van der Waals surface area contributed by atoms with Crippen molar-refractivity contribution in [3.05, 3.63) is 76.8 Å². The van der Waals surface area contributed by atoms with E-state index in [1.54, 1.807) is 12.3 Å². The first-order chi connectivity index (χ1) is 14.7. The van der Waals surface area contributed by atoms with Crippen LogP contribution in [0.15, 0.2) is 54.7 Å². The van der Waals surface area contributed by atoms with Gasteiger partial charge in [0.1, 0.15) is 11.6 Å². The monoisotopic (exact) mass is 425 g/mol. The Morgan fingerprint density at radius 2 is 2.07 bits per heavy atom. The Labute approximate surface area is 181 Å². The average molecular weight is 426 g/mol. The fourth-order valence-corrected chi connectivity index (χ4v) is 3.92. The van der Waals surface area contributed by atoms with E-state index in [1.165, 1.54) is 18.6 Å². The smallest absolute Gasteiger partial charge is 0.126 e. The van der Waals surface area contributed by atoms with Crippen LogP contribution in [0.4, 0.5) is 10.2 Å². The summed E-state index contributed by atoms with van der Waals surface area (Å²) < 4.78 is 18.9. The number of hydrogen-bond donors (Lipinski definition) is 1. The Morgan fingerprint density at radius 1 is 1.17 bits per heavy atom. The topological polar surface area (TPSA) is 47.0 Å². The van der Waals surface area contributed by atoms with Crippen LogP contribution in [0, 0.1) is 11.7 Å². The minimum atomic E-state index is -0.244. The predicted octanol–water partition coefficient (Wildman–Crippen LogP) is 5.91. The van der Waals surface area contributed by atoms with E-state index in [4.69, 9.17) is 21.3 Å². The van der Waals surface area contributed by atoms with Crippen molar-refractivity contribution in [1.29, 1.82) is 0 Å². The third kappa shape index (κ3) is 5.55. The van der Waals surface area contributed by atoms with E-state index in [-0.39, 0.29) is 5.82 Å². The fourth-order valence-electron chi connectivity index (χ4n) is 3.72. The number of anilines is 1. The number of aromatic nitrogens is 2. The Hall–Kier alpha value is -2.50. The molecule has 0 spiro atoms. The summed E-state index contributed by atoms with van der Waals surface area (Å²) in [6.07, 6.45) is 6.04. The molecule has 0 radical (unpaired) electrons. The summed E-state index contributed by atoms with van der Waals surface area (Å²) in [5.74, 6) is 1.07. The van der Waals surface area contributed by atoms with E-state index < -0.39 is 0 Å². The molecule has 6 heteroatoms. The van der Waals surface area contributed by atoms with Gasteiger partial charge in [-0.1, -0.05) is 29.8 Å². The molecule has 1 aromatic carbocycles. The van der Waals surface area contributed by atoms with E-state index in [1.807, 2.05) is 30.3 Å². The molecule has 3 heterocycles. The Bertz CT molecular complexity index is 992. The minimum absolute atomic E-state index is 0.244. The van der Waals surface area contributed by atoms with Crippen LogP contribution in [-0.2, 0) is 17.7 Å². The van der Waals surface area contributed by atoms with Gasteiger partial charge in [0.2, 0.25) is 0 Å². The lowest BCUT2D eigenvalue weighted by Gasteiger charge is -2.21. The number of nitrogens with one attached hydrogen (secondary N) is 1. The van der Waals surface area contributed by atoms with Gasteiger partial charge in [0.25, 0.3) is 0 Å². The Kier molecular flexibility index (Phi) is 6.92. The molecule has 0 aliphatic carbocycles. The zero-order chi connectivity index (χ0) is 20.8. The number of ether oxygens (including phenoxy) is 1. The molecular formula is C24H25ClFN3O. The Balaban J connectivity index is 1.45. The first-order valence-corrected chi connectivity index (χ1v) is 10.7. The average Bonchev–Trinajstić information content (AvgIpc) is 2.78. The van der Waals surface area contributed by atoms with E-state index in [2.05, 4.69) is 10.3 Å². The lowest BCUT2D eigenvalue weighted by Crippen LogP contribution is -2.17. The first kappa shape index (κ1) is 20.8. The lowest BCUT2D eigenvalue weighted by atomic mass is 9.95. The maximum atomic E-state index is 13.4. The quantitative estimate of drug-likeness (QED) is 0.511. The van der Waals surface area contributed by atoms with Gasteiger partial charge in [0.15, 0.2) is 0 Å². The first-order valence-electron chi connectivity index (χ1n) is 10.4. The number of benzene rings is 1. The van der Waals surface area contributed by atoms with Crippen LogP contribution in [-0.4, -0.2) is 23.2 Å². The second-order valence-corrected chi connectivity index (χ2v) is 8.08. The van der Waals surface area contributed by atoms with Gasteiger partial charge in [-0.15, -0.1) is 0 Å². The van der Waals surface area contributed by atoms with Gasteiger partial charge in [-0.2, -0.15) is 0 Å². The molecule has 1 atom stereocenters. The van der Waals surface area contributed by atoms with Crippen molar-refractivity contribution >= 4 is 17.4 Å². The lowest BCUT2D eigenvalue weighted by molar-refractivity contribution is 0.0517. The summed E-state index contributed by atoms with van der Waals surface area (Å²) >= 11 is 6.44. The van der Waals surface area contributed by atoms with E-state index in [0.717, 1.165) is 55.0 Å². The van der Waals surface area contributed by atoms with Gasteiger partial charge >= 0.3 is 0 Å². The van der Waals surface area contributed by atoms with Crippen LogP contribution in [0.25, 0.3) is 11.3 Å². The van der Waals surface area contributed by atoms with Crippen molar-refractivity contribution in [2.45, 2.75) is 32.2 Å². The molecule has 1 aliphatic heterocycles. The second kappa shape index (κ2) is 10.0. The third-order valence-corrected chi connectivity index (χ3v) is 5.66. The molecule has 1 unspecified atom stereocenters. The highest BCUT2D eigenvalue weighted by Crippen LogP contribution is 2.28. The molecular weight excluding hydrogens is 401 g/mol. The van der Waals surface area contributed by atoms with Crippen molar-refractivity contribution in [3.63, 3.8) is 0 Å². The molecule has 0 bridgehead atoms. The van der Waals surface area contributed by atoms with Gasteiger partial charge in [-0.3, -0.25) is 4.98 Å². The van der Waals surface area contributed by atoms with E-state index in [0.29, 0.717) is 23.3 Å². The van der Waals surface area contributed by atoms with Crippen molar-refractivity contribution in [2.24, 2.45) is 5.92 Å². The zero-order valence-electron chi connectivity index (χ0n) is 16.8. The van der Waals surface area contributed by atoms with Crippen molar-refractivity contribution < 1.29 is 9.13 Å². The molecule has 1 saturated heterocycles. The highest BCUT2D eigenvalue weighted by atomic mass is 35.5. The maximum absolute atomic E-state index is 13.4. The molecule has 156 valence electrons. The van der Waals surface area contributed by atoms with Crippen molar-refractivity contribution in [3.8, 4) is 11.3 Å². The molecule has 1 aliphatic rings. The summed E-state index contributed by atoms with van der Waals surface area (Å²) in [5.41, 5.74) is 3.53. The molecule has 1 N–H and O–H groups in total. The number of halogens is 2. The largest absolute Gasteiger partial charge is 0.381 e. The molecule has 4 rings (SSSR count). The number of nitrogens with zero attached hydrogens (tertiary/aromatic N) is 2. The predicted molar refractivity (Wildman–Crippen MR) is 118 cm³/mol. The third-order valence-electron chi connectivity index (χ3n) is 5.36. The summed E-state index contributed by atoms with van der Waals surface area (Å²) in [6.45, 7) is 2.23. The van der Waals surface area contributed by atoms with Crippen LogP contribution in [0.5, 0.6) is 0 Å². The molecule has 1 fully saturated rings. The van der Waals surface area contributed by atoms with Gasteiger partial charge in [-0.25, -0.2) is 9.37 Å². The van der Waals surface area contributed by atoms with Gasteiger partial charge in [-0.05, 0) is 67.5 Å². The summed E-state index contributed by atoms with van der Waals surface area (Å²) in [6, 6.07) is 14.3. The Morgan fingerprint density at radius 3 is 2.90 bits per heavy atom. The molecule has 0 saturated carbocycles. The van der Waals surface area contributed by atoms with Gasteiger partial charge in [0.05, 0.1) is 10.7 Å². The van der Waals surface area contributed by atoms with Crippen LogP contribution in [0.3, 0.4) is 0 Å². The molecule has 2 aromatic heterocycles. The summed E-state index contributed by atoms with van der Waals surface area (Å²) in [5, 5.41) is 3.83. The van der Waals surface area contributed by atoms with Gasteiger partial charge < -0.3 is 10.1 Å². The second-order valence-electron chi connectivity index (χ2n) is 7.67. The minimum Gasteiger partial charge on any atom is -0.381 e. The highest BCUT2D eigenvalue weighted by Gasteiger charge is 2.15. The summed E-state index contributed by atoms with van der Waals surface area (Å²) in [4.78, 5) is 9.20. The normalized spacial score (nSPS) is 16.4. The van der Waals surface area contributed by atoms with Gasteiger partial charge in [0, 0.05) is 37.2 Å². The number of pyridine rings is 2. The van der Waals surface area contributed by atoms with Crippen LogP contribution >= 0.6 is 11.6 Å². The molecule has 0 amide bonds. The molecule has 4 nitrogen and oxygen atoms in total. The van der Waals surface area contributed by atoms with Crippen LogP contribution in [0.2, 0.25) is 5.02 Å². The zero-order valence-corrected chi connectivity index (χ0v) is 17.5. The maximum Gasteiger partial charge on any atom is 0.126 e. The molecule has 30 heavy (non-hydrogen) atoms. The molecule has 3 aromatic rings. The SMILES string of the molecule is Fc1cccc(CNc2cccc(-c3cc(CCC4CCCOC4)ncc3Cl)n2)c1. The fraction of sp³-hybridized carbons (Fsp3) is 0.333. The van der Waals surface area contributed by atoms with Crippen molar-refractivity contribution in [1.82, 2.24) is 9.97 Å². The van der Waals surface area contributed by atoms with Crippen molar-refractivity contribution in [2.75, 3.05) is 18.5 Å². The number of hydrogen-bond acceptors (Lipinski definition) is 4. The highest BCUT2D eigenvalue weighted by molar-refractivity contribution is 6.33. The van der Waals surface area contributed by atoms with E-state index >= 15 is 0 Å². The number of aryl methyl sites for hydroxylation is 1. The summed E-state index contributed by atoms with van der Waals surface area (Å²) in [7, 11) is 0. The van der Waals surface area contributed by atoms with E-state index in [9.17, 15) is 4.39 Å². The standard InChI is InChI=1S/C24H25ClFN3O/c25-22-15-27-20(10-9-17-5-3-11-30-16-17)13-21(22)23-7-2-8-24(29-23)28-14-18-4-1-6-19(26)12-18/h1-2,4,6-8,12-13,15,17H,3,5,9-11,14,16H2,(H,28,29). The number of rotatable bonds is 7. The van der Waals surface area contributed by atoms with Crippen LogP contribution in [0.1, 0.15) is 30.5 Å². The van der Waals surface area contributed by atoms with Crippen LogP contribution < -0.4 is 5.32 Å².